The largest absolute Gasteiger partial charge is 0.286 e. The van der Waals surface area contributed by atoms with E-state index in [4.69, 9.17) is 0 Å². The van der Waals surface area contributed by atoms with Gasteiger partial charge in [-0.3, -0.25) is 9.98 Å². The molecule has 1 rings (SSSR count). The Morgan fingerprint density at radius 3 is 2.80 bits per heavy atom. The fourth-order valence-electron chi connectivity index (χ4n) is 1.22. The first-order valence-electron chi connectivity index (χ1n) is 3.81. The average molecular weight is 138 g/mol. The smallest absolute Gasteiger partial charge is 0.0718 e. The minimum Gasteiger partial charge on any atom is -0.286 e. The molecule has 2 unspecified atom stereocenters. The Labute approximate surface area is 62.1 Å². The zero-order valence-corrected chi connectivity index (χ0v) is 6.83. The standard InChI is InChI=1S/C8H14N2/c1-4-8-7(3)10-6(2)5-9-8/h5,7-8H,4H2,1-3H3. The van der Waals surface area contributed by atoms with Gasteiger partial charge in [0.25, 0.3) is 0 Å². The number of hydrogen-bond acceptors (Lipinski definition) is 2. The SMILES string of the molecule is CCC1N=CC(C)=NC1C. The van der Waals surface area contributed by atoms with Crippen molar-refractivity contribution in [1.29, 1.82) is 0 Å². The Bertz CT molecular complexity index is 170. The molecule has 0 saturated carbocycles. The molecule has 0 aromatic carbocycles. The second-order valence-electron chi connectivity index (χ2n) is 2.76. The van der Waals surface area contributed by atoms with Crippen LogP contribution in [0.3, 0.4) is 0 Å². The molecule has 56 valence electrons. The molecule has 1 aliphatic rings. The fourth-order valence-corrected chi connectivity index (χ4v) is 1.22. The lowest BCUT2D eigenvalue weighted by molar-refractivity contribution is 0.547. The monoisotopic (exact) mass is 138 g/mol. The van der Waals surface area contributed by atoms with Gasteiger partial charge in [0.05, 0.1) is 12.1 Å². The molecule has 1 aliphatic heterocycles. The number of aliphatic imine (C=N–C) groups is 2. The maximum absolute atomic E-state index is 4.40. The van der Waals surface area contributed by atoms with Crippen LogP contribution in [-0.4, -0.2) is 24.0 Å². The van der Waals surface area contributed by atoms with Crippen molar-refractivity contribution in [2.24, 2.45) is 9.98 Å². The van der Waals surface area contributed by atoms with Crippen LogP contribution in [0.1, 0.15) is 27.2 Å². The number of hydrogen-bond donors (Lipinski definition) is 0. The lowest BCUT2D eigenvalue weighted by atomic mass is 10.1. The lowest BCUT2D eigenvalue weighted by Gasteiger charge is -2.18. The van der Waals surface area contributed by atoms with Crippen LogP contribution in [0.15, 0.2) is 9.98 Å². The molecular weight excluding hydrogens is 124 g/mol. The molecule has 2 atom stereocenters. The second-order valence-corrected chi connectivity index (χ2v) is 2.76. The summed E-state index contributed by atoms with van der Waals surface area (Å²) in [5.74, 6) is 0. The van der Waals surface area contributed by atoms with Crippen LogP contribution in [-0.2, 0) is 0 Å². The maximum atomic E-state index is 4.40. The van der Waals surface area contributed by atoms with Crippen LogP contribution in [0.4, 0.5) is 0 Å². The summed E-state index contributed by atoms with van der Waals surface area (Å²) in [6.45, 7) is 6.26. The van der Waals surface area contributed by atoms with Gasteiger partial charge in [-0.05, 0) is 20.3 Å². The lowest BCUT2D eigenvalue weighted by Crippen LogP contribution is -2.24. The van der Waals surface area contributed by atoms with E-state index in [9.17, 15) is 0 Å². The van der Waals surface area contributed by atoms with Crippen molar-refractivity contribution in [3.63, 3.8) is 0 Å². The molecule has 0 saturated heterocycles. The van der Waals surface area contributed by atoms with E-state index < -0.39 is 0 Å². The molecule has 10 heavy (non-hydrogen) atoms. The molecule has 2 heteroatoms. The third-order valence-corrected chi connectivity index (χ3v) is 1.84. The van der Waals surface area contributed by atoms with E-state index in [1.807, 2.05) is 13.1 Å². The van der Waals surface area contributed by atoms with Gasteiger partial charge in [-0.25, -0.2) is 0 Å². The first-order chi connectivity index (χ1) is 4.74. The van der Waals surface area contributed by atoms with Gasteiger partial charge in [-0.1, -0.05) is 6.92 Å². The summed E-state index contributed by atoms with van der Waals surface area (Å²) >= 11 is 0. The summed E-state index contributed by atoms with van der Waals surface area (Å²) in [6.07, 6.45) is 2.96. The van der Waals surface area contributed by atoms with Gasteiger partial charge in [0.2, 0.25) is 0 Å². The Kier molecular flexibility index (Phi) is 2.20. The molecule has 0 aliphatic carbocycles. The van der Waals surface area contributed by atoms with Crippen molar-refractivity contribution in [3.8, 4) is 0 Å². The average Bonchev–Trinajstić information content (AvgIpc) is 1.88. The highest BCUT2D eigenvalue weighted by atomic mass is 14.9. The molecule has 0 radical (unpaired) electrons. The van der Waals surface area contributed by atoms with Gasteiger partial charge >= 0.3 is 0 Å². The molecule has 0 N–H and O–H groups in total. The summed E-state index contributed by atoms with van der Waals surface area (Å²) in [4.78, 5) is 8.76. The molecular formula is C8H14N2. The summed E-state index contributed by atoms with van der Waals surface area (Å²) < 4.78 is 0. The van der Waals surface area contributed by atoms with E-state index in [1.54, 1.807) is 0 Å². The molecule has 1 heterocycles. The van der Waals surface area contributed by atoms with Crippen molar-refractivity contribution >= 4 is 11.9 Å². The first-order valence-corrected chi connectivity index (χ1v) is 3.81. The highest BCUT2D eigenvalue weighted by Gasteiger charge is 2.14. The molecule has 0 aromatic rings. The minimum atomic E-state index is 0.384. The summed E-state index contributed by atoms with van der Waals surface area (Å²) in [7, 11) is 0. The van der Waals surface area contributed by atoms with Gasteiger partial charge in [0, 0.05) is 11.9 Å². The van der Waals surface area contributed by atoms with E-state index in [2.05, 4.69) is 23.8 Å². The van der Waals surface area contributed by atoms with E-state index in [-0.39, 0.29) is 0 Å². The van der Waals surface area contributed by atoms with Crippen LogP contribution in [0.5, 0.6) is 0 Å². The molecule has 0 amide bonds. The summed E-state index contributed by atoms with van der Waals surface area (Å²) in [6, 6.07) is 0.804. The van der Waals surface area contributed by atoms with Crippen molar-refractivity contribution < 1.29 is 0 Å². The van der Waals surface area contributed by atoms with Crippen LogP contribution in [0.2, 0.25) is 0 Å². The highest BCUT2D eigenvalue weighted by Crippen LogP contribution is 2.10. The van der Waals surface area contributed by atoms with E-state index in [0.29, 0.717) is 12.1 Å². The minimum absolute atomic E-state index is 0.384. The normalized spacial score (nSPS) is 32.1. The van der Waals surface area contributed by atoms with Crippen LogP contribution < -0.4 is 0 Å². The zero-order valence-electron chi connectivity index (χ0n) is 6.83. The van der Waals surface area contributed by atoms with Crippen molar-refractivity contribution in [3.05, 3.63) is 0 Å². The number of nitrogens with zero attached hydrogens (tertiary/aromatic N) is 2. The Hall–Kier alpha value is -0.660. The Morgan fingerprint density at radius 2 is 2.30 bits per heavy atom. The maximum Gasteiger partial charge on any atom is 0.0718 e. The predicted octanol–water partition coefficient (Wildman–Crippen LogP) is 1.70. The molecule has 0 bridgehead atoms. The molecule has 2 nitrogen and oxygen atoms in total. The first kappa shape index (κ1) is 7.45. The quantitative estimate of drug-likeness (QED) is 0.527. The van der Waals surface area contributed by atoms with Crippen molar-refractivity contribution in [2.75, 3.05) is 0 Å². The zero-order chi connectivity index (χ0) is 7.56. The summed E-state index contributed by atoms with van der Waals surface area (Å²) in [5, 5.41) is 0. The van der Waals surface area contributed by atoms with Crippen molar-refractivity contribution in [2.45, 2.75) is 39.3 Å². The number of rotatable bonds is 1. The molecule has 0 aromatic heterocycles. The molecule has 0 spiro atoms. The van der Waals surface area contributed by atoms with Crippen LogP contribution in [0.25, 0.3) is 0 Å². The second kappa shape index (κ2) is 2.95. The van der Waals surface area contributed by atoms with Gasteiger partial charge < -0.3 is 0 Å². The summed E-state index contributed by atoms with van der Waals surface area (Å²) in [5.41, 5.74) is 1.05. The van der Waals surface area contributed by atoms with Crippen LogP contribution in [0, 0.1) is 0 Å². The van der Waals surface area contributed by atoms with Crippen molar-refractivity contribution in [1.82, 2.24) is 0 Å². The van der Waals surface area contributed by atoms with E-state index in [0.717, 1.165) is 12.1 Å². The van der Waals surface area contributed by atoms with E-state index in [1.165, 1.54) is 0 Å². The van der Waals surface area contributed by atoms with Gasteiger partial charge in [0.1, 0.15) is 0 Å². The fraction of sp³-hybridized carbons (Fsp3) is 0.750. The third-order valence-electron chi connectivity index (χ3n) is 1.84. The predicted molar refractivity (Wildman–Crippen MR) is 45.1 cm³/mol. The van der Waals surface area contributed by atoms with E-state index >= 15 is 0 Å². The topological polar surface area (TPSA) is 24.7 Å². The van der Waals surface area contributed by atoms with Gasteiger partial charge in [0.15, 0.2) is 0 Å². The van der Waals surface area contributed by atoms with Crippen LogP contribution >= 0.6 is 0 Å². The Balaban J connectivity index is 2.64. The third kappa shape index (κ3) is 1.43. The molecule has 0 fully saturated rings. The van der Waals surface area contributed by atoms with Gasteiger partial charge in [-0.2, -0.15) is 0 Å². The Morgan fingerprint density at radius 1 is 1.60 bits per heavy atom. The van der Waals surface area contributed by atoms with Gasteiger partial charge in [-0.15, -0.1) is 0 Å². The highest BCUT2D eigenvalue weighted by molar-refractivity contribution is 6.29.